The first-order valence-corrected chi connectivity index (χ1v) is 25.4. The van der Waals surface area contributed by atoms with Gasteiger partial charge in [0.1, 0.15) is 6.10 Å². The van der Waals surface area contributed by atoms with Crippen molar-refractivity contribution in [2.24, 2.45) is 0 Å². The van der Waals surface area contributed by atoms with E-state index in [-0.39, 0.29) is 24.9 Å². The Kier molecular flexibility index (Phi) is 45.1. The number of carbonyl (C=O) groups excluding carboxylic acids is 2. The molecule has 0 aliphatic rings. The third-order valence-electron chi connectivity index (χ3n) is 11.4. The van der Waals surface area contributed by atoms with Gasteiger partial charge in [0, 0.05) is 6.42 Å². The minimum absolute atomic E-state index is 0.0571. The summed E-state index contributed by atoms with van der Waals surface area (Å²) in [6.07, 6.45) is 55.9. The third kappa shape index (κ3) is 42.3. The Morgan fingerprint density at radius 1 is 0.492 bits per heavy atom. The maximum absolute atomic E-state index is 13.2. The minimum Gasteiger partial charge on any atom is -0.462 e. The van der Waals surface area contributed by atoms with Crippen LogP contribution in [-0.4, -0.2) is 46.9 Å². The summed E-state index contributed by atoms with van der Waals surface area (Å²) in [5.74, 6) is -0.512. The fraction of sp³-hybridized carbons (Fsp3) is 0.811. The molecule has 0 bridgehead atoms. The second-order valence-corrected chi connectivity index (χ2v) is 17.2. The molecule has 3 N–H and O–H groups in total. The molecule has 0 aromatic heterocycles. The van der Waals surface area contributed by atoms with Gasteiger partial charge in [0.05, 0.1) is 25.2 Å². The lowest BCUT2D eigenvalue weighted by Gasteiger charge is -2.24. The molecular weight excluding hydrogens is 731 g/mol. The zero-order chi connectivity index (χ0) is 43.1. The first-order chi connectivity index (χ1) is 29.0. The molecule has 59 heavy (non-hydrogen) atoms. The van der Waals surface area contributed by atoms with Crippen LogP contribution in [0, 0.1) is 0 Å². The number of allylic oxidation sites excluding steroid dienone is 8. The van der Waals surface area contributed by atoms with Crippen LogP contribution in [-0.2, 0) is 14.3 Å². The zero-order valence-electron chi connectivity index (χ0n) is 39.1. The summed E-state index contributed by atoms with van der Waals surface area (Å²) in [4.78, 5) is 26.1. The summed E-state index contributed by atoms with van der Waals surface area (Å²) in [7, 11) is 0. The number of amides is 1. The molecule has 0 aromatic rings. The summed E-state index contributed by atoms with van der Waals surface area (Å²) in [5, 5.41) is 23.7. The number of aliphatic hydroxyl groups is 2. The van der Waals surface area contributed by atoms with Crippen LogP contribution in [0.2, 0.25) is 0 Å². The van der Waals surface area contributed by atoms with E-state index in [4.69, 9.17) is 4.74 Å². The van der Waals surface area contributed by atoms with Crippen molar-refractivity contribution < 1.29 is 24.5 Å². The highest BCUT2D eigenvalue weighted by atomic mass is 16.5. The molecule has 0 aromatic carbocycles. The van der Waals surface area contributed by atoms with Crippen LogP contribution >= 0.6 is 0 Å². The van der Waals surface area contributed by atoms with Crippen molar-refractivity contribution in [1.29, 1.82) is 0 Å². The molecule has 0 aliphatic heterocycles. The second kappa shape index (κ2) is 46.9. The Hall–Kier alpha value is -2.18. The highest BCUT2D eigenvalue weighted by molar-refractivity contribution is 5.77. The largest absolute Gasteiger partial charge is 0.462 e. The number of rotatable bonds is 45. The lowest BCUT2D eigenvalue weighted by atomic mass is 10.0. The average Bonchev–Trinajstić information content (AvgIpc) is 3.23. The molecule has 0 heterocycles. The maximum atomic E-state index is 13.2. The van der Waals surface area contributed by atoms with E-state index in [1.54, 1.807) is 0 Å². The van der Waals surface area contributed by atoms with E-state index in [0.717, 1.165) is 96.3 Å². The molecule has 0 saturated heterocycles. The summed E-state index contributed by atoms with van der Waals surface area (Å²) >= 11 is 0. The van der Waals surface area contributed by atoms with Crippen LogP contribution in [0.5, 0.6) is 0 Å². The monoisotopic (exact) mass is 828 g/mol. The topological polar surface area (TPSA) is 95.9 Å². The van der Waals surface area contributed by atoms with Gasteiger partial charge in [0.15, 0.2) is 0 Å². The van der Waals surface area contributed by atoms with E-state index in [2.05, 4.69) is 74.7 Å². The van der Waals surface area contributed by atoms with Crippen LogP contribution in [0.3, 0.4) is 0 Å². The zero-order valence-corrected chi connectivity index (χ0v) is 39.1. The van der Waals surface area contributed by atoms with Crippen LogP contribution in [0.4, 0.5) is 0 Å². The predicted octanol–water partition coefficient (Wildman–Crippen LogP) is 15.1. The van der Waals surface area contributed by atoms with Gasteiger partial charge in [0.2, 0.25) is 5.91 Å². The average molecular weight is 828 g/mol. The summed E-state index contributed by atoms with van der Waals surface area (Å²) in [5.41, 5.74) is 0. The summed E-state index contributed by atoms with van der Waals surface area (Å²) < 4.78 is 5.91. The maximum Gasteiger partial charge on any atom is 0.306 e. The van der Waals surface area contributed by atoms with Gasteiger partial charge in [0.25, 0.3) is 0 Å². The molecule has 6 nitrogen and oxygen atoms in total. The number of carbonyl (C=O) groups is 2. The first kappa shape index (κ1) is 56.8. The lowest BCUT2D eigenvalue weighted by Crippen LogP contribution is -2.46. The molecule has 1 amide bonds. The predicted molar refractivity (Wildman–Crippen MR) is 255 cm³/mol. The molecular formula is C53H97NO5. The van der Waals surface area contributed by atoms with Gasteiger partial charge < -0.3 is 20.3 Å². The quantitative estimate of drug-likeness (QED) is 0.0323. The molecule has 0 spiro atoms. The van der Waals surface area contributed by atoms with Gasteiger partial charge in [-0.25, -0.2) is 0 Å². The molecule has 3 atom stereocenters. The van der Waals surface area contributed by atoms with Crippen molar-refractivity contribution in [2.75, 3.05) is 6.61 Å². The normalized spacial score (nSPS) is 13.6. The highest BCUT2D eigenvalue weighted by Gasteiger charge is 2.24. The van der Waals surface area contributed by atoms with E-state index in [9.17, 15) is 19.8 Å². The number of hydrogen-bond donors (Lipinski definition) is 3. The van der Waals surface area contributed by atoms with Gasteiger partial charge in [-0.1, -0.05) is 198 Å². The molecule has 6 heteroatoms. The Balaban J connectivity index is 4.66. The first-order valence-electron chi connectivity index (χ1n) is 25.4. The van der Waals surface area contributed by atoms with Gasteiger partial charge >= 0.3 is 5.97 Å². The van der Waals surface area contributed by atoms with Crippen LogP contribution in [0.25, 0.3) is 0 Å². The Morgan fingerprint density at radius 3 is 1.36 bits per heavy atom. The Bertz CT molecular complexity index is 1020. The van der Waals surface area contributed by atoms with E-state index in [1.165, 1.54) is 109 Å². The molecule has 0 saturated carbocycles. The fourth-order valence-corrected chi connectivity index (χ4v) is 7.49. The SMILES string of the molecule is CCCCC/C=C\C/C=C\C/C=C\CCCCCCC(CC(=O)NC(CO)C(O)CCCCCCCCCCCC)OC(=O)CCCCC/C=C\CCCCCCCC. The smallest absolute Gasteiger partial charge is 0.306 e. The number of nitrogens with one attached hydrogen (secondary N) is 1. The van der Waals surface area contributed by atoms with Crippen LogP contribution in [0.15, 0.2) is 48.6 Å². The molecule has 0 rings (SSSR count). The standard InChI is InChI=1S/C53H97NO5/c1-4-7-10-13-16-19-22-24-25-26-27-29-30-32-35-38-41-44-49(59-53(58)46-43-40-37-34-31-28-23-20-17-14-11-8-5-2)47-52(57)54-50(48-55)51(56)45-42-39-36-33-21-18-15-12-9-6-3/h16,19,24-25,27-29,31,49-51,55-56H,4-15,17-18,20-23,26,30,32-48H2,1-3H3,(H,54,57)/b19-16-,25-24-,29-27-,31-28-. The Morgan fingerprint density at radius 2 is 0.864 bits per heavy atom. The van der Waals surface area contributed by atoms with E-state index < -0.39 is 18.2 Å². The number of ether oxygens (including phenoxy) is 1. The van der Waals surface area contributed by atoms with Crippen molar-refractivity contribution in [1.82, 2.24) is 5.32 Å². The summed E-state index contributed by atoms with van der Waals surface area (Å²) in [6, 6.07) is -0.710. The number of unbranched alkanes of at least 4 members (excludes halogenated alkanes) is 25. The van der Waals surface area contributed by atoms with Crippen molar-refractivity contribution in [3.05, 3.63) is 48.6 Å². The number of esters is 1. The Labute approximate surface area is 366 Å². The van der Waals surface area contributed by atoms with E-state index >= 15 is 0 Å². The number of aliphatic hydroxyl groups excluding tert-OH is 2. The third-order valence-corrected chi connectivity index (χ3v) is 11.4. The van der Waals surface area contributed by atoms with Gasteiger partial charge in [-0.2, -0.15) is 0 Å². The van der Waals surface area contributed by atoms with Crippen molar-refractivity contribution in [3.8, 4) is 0 Å². The second-order valence-electron chi connectivity index (χ2n) is 17.2. The summed E-state index contributed by atoms with van der Waals surface area (Å²) in [6.45, 7) is 6.43. The van der Waals surface area contributed by atoms with Crippen molar-refractivity contribution >= 4 is 11.9 Å². The molecule has 0 fully saturated rings. The van der Waals surface area contributed by atoms with E-state index in [0.29, 0.717) is 19.3 Å². The minimum atomic E-state index is -0.795. The van der Waals surface area contributed by atoms with Gasteiger partial charge in [-0.05, 0) is 89.9 Å². The van der Waals surface area contributed by atoms with Gasteiger partial charge in [-0.15, -0.1) is 0 Å². The van der Waals surface area contributed by atoms with Crippen LogP contribution in [0.1, 0.15) is 252 Å². The molecule has 344 valence electrons. The number of hydrogen-bond acceptors (Lipinski definition) is 5. The lowest BCUT2D eigenvalue weighted by molar-refractivity contribution is -0.151. The molecule has 0 radical (unpaired) electrons. The van der Waals surface area contributed by atoms with Crippen molar-refractivity contribution in [2.45, 2.75) is 270 Å². The molecule has 0 aliphatic carbocycles. The fourth-order valence-electron chi connectivity index (χ4n) is 7.49. The molecule has 3 unspecified atom stereocenters. The van der Waals surface area contributed by atoms with Gasteiger partial charge in [-0.3, -0.25) is 9.59 Å². The van der Waals surface area contributed by atoms with E-state index in [1.807, 2.05) is 0 Å². The van der Waals surface area contributed by atoms with Crippen molar-refractivity contribution in [3.63, 3.8) is 0 Å². The highest BCUT2D eigenvalue weighted by Crippen LogP contribution is 2.17. The van der Waals surface area contributed by atoms with Crippen LogP contribution < -0.4 is 5.32 Å².